The van der Waals surface area contributed by atoms with Crippen LogP contribution in [0.15, 0.2) is 25.4 Å². The lowest BCUT2D eigenvalue weighted by Gasteiger charge is -2.01. The van der Waals surface area contributed by atoms with Gasteiger partial charge in [0.1, 0.15) is 18.3 Å². The molecule has 0 aromatic heterocycles. The summed E-state index contributed by atoms with van der Waals surface area (Å²) in [5.41, 5.74) is 0.785. The molecule has 0 aliphatic carbocycles. The number of aromatic nitrogens is 4. The molecular formula is C7H6N4. The fourth-order valence-corrected chi connectivity index (χ4v) is 0.924. The predicted molar refractivity (Wildman–Crippen MR) is 40.8 cm³/mol. The molecule has 4 heteroatoms. The lowest BCUT2D eigenvalue weighted by molar-refractivity contribution is 1.01. The van der Waals surface area contributed by atoms with Crippen molar-refractivity contribution < 1.29 is 0 Å². The second-order valence-electron chi connectivity index (χ2n) is 2.07. The van der Waals surface area contributed by atoms with Gasteiger partial charge in [-0.2, -0.15) is 0 Å². The van der Waals surface area contributed by atoms with Crippen molar-refractivity contribution in [2.45, 2.75) is 0 Å². The van der Waals surface area contributed by atoms with Crippen molar-refractivity contribution in [3.05, 3.63) is 25.4 Å². The molecule has 0 fully saturated rings. The van der Waals surface area contributed by atoms with Gasteiger partial charge >= 0.3 is 0 Å². The lowest BCUT2D eigenvalue weighted by atomic mass is 10.4. The van der Waals surface area contributed by atoms with E-state index in [0.29, 0.717) is 0 Å². The minimum Gasteiger partial charge on any atom is -0.291 e. The number of hydrogen-bond acceptors (Lipinski definition) is 3. The smallest absolute Gasteiger partial charge is 0.167 e. The summed E-state index contributed by atoms with van der Waals surface area (Å²) in [4.78, 5) is 12.0. The quantitative estimate of drug-likeness (QED) is 0.599. The molecule has 11 heavy (non-hydrogen) atoms. The Bertz CT molecular complexity index is 352. The van der Waals surface area contributed by atoms with E-state index in [2.05, 4.69) is 21.5 Å². The second-order valence-corrected chi connectivity index (χ2v) is 2.07. The Balaban J connectivity index is 2.75. The van der Waals surface area contributed by atoms with Crippen molar-refractivity contribution in [2.24, 2.45) is 0 Å². The molecule has 0 radical (unpaired) electrons. The number of imidazole rings is 1. The predicted octanol–water partition coefficient (Wildman–Crippen LogP) is 0.878. The number of rotatable bonds is 1. The van der Waals surface area contributed by atoms with E-state index in [0.717, 1.165) is 11.5 Å². The summed E-state index contributed by atoms with van der Waals surface area (Å²) in [6, 6.07) is 0. The van der Waals surface area contributed by atoms with Crippen LogP contribution in [-0.2, 0) is 0 Å². The van der Waals surface area contributed by atoms with E-state index in [1.165, 1.54) is 6.33 Å². The minimum absolute atomic E-state index is 0.785. The summed E-state index contributed by atoms with van der Waals surface area (Å²) in [5.74, 6) is 0.787. The van der Waals surface area contributed by atoms with Crippen LogP contribution in [0.5, 0.6) is 0 Å². The van der Waals surface area contributed by atoms with Crippen LogP contribution in [0.3, 0.4) is 0 Å². The van der Waals surface area contributed by atoms with Gasteiger partial charge in [-0.1, -0.05) is 6.58 Å². The van der Waals surface area contributed by atoms with Gasteiger partial charge in [0.15, 0.2) is 5.82 Å². The molecule has 0 spiro atoms. The second kappa shape index (κ2) is 2.16. The van der Waals surface area contributed by atoms with Crippen LogP contribution >= 0.6 is 0 Å². The van der Waals surface area contributed by atoms with Crippen LogP contribution < -0.4 is 0 Å². The molecule has 2 rings (SSSR count). The van der Waals surface area contributed by atoms with E-state index in [-0.39, 0.29) is 0 Å². The first kappa shape index (κ1) is 6.03. The molecule has 0 atom stereocenters. The topological polar surface area (TPSA) is 43.6 Å². The zero-order valence-electron chi connectivity index (χ0n) is 5.81. The summed E-state index contributed by atoms with van der Waals surface area (Å²) < 4.78 is 1.72. The van der Waals surface area contributed by atoms with Crippen molar-refractivity contribution in [1.82, 2.24) is 19.5 Å². The monoisotopic (exact) mass is 146 g/mol. The van der Waals surface area contributed by atoms with E-state index in [9.17, 15) is 0 Å². The minimum atomic E-state index is 0.785. The Hall–Kier alpha value is -1.71. The Morgan fingerprint density at radius 2 is 2.36 bits per heavy atom. The number of nitrogens with zero attached hydrogens (tertiary/aromatic N) is 4. The zero-order chi connectivity index (χ0) is 7.68. The van der Waals surface area contributed by atoms with E-state index in [1.807, 2.05) is 0 Å². The van der Waals surface area contributed by atoms with Crippen molar-refractivity contribution >= 4 is 6.20 Å². The van der Waals surface area contributed by atoms with Gasteiger partial charge < -0.3 is 0 Å². The van der Waals surface area contributed by atoms with E-state index < -0.39 is 0 Å². The normalized spacial score (nSPS) is 10.2. The molecule has 0 amide bonds. The first-order valence-corrected chi connectivity index (χ1v) is 3.17. The van der Waals surface area contributed by atoms with E-state index in [4.69, 9.17) is 0 Å². The van der Waals surface area contributed by atoms with Crippen LogP contribution in [-0.4, -0.2) is 19.5 Å². The average molecular weight is 146 g/mol. The van der Waals surface area contributed by atoms with Crippen LogP contribution in [0.25, 0.3) is 17.7 Å². The van der Waals surface area contributed by atoms with Gasteiger partial charge in [-0.15, -0.1) is 0 Å². The zero-order valence-corrected chi connectivity index (χ0v) is 5.81. The highest BCUT2D eigenvalue weighted by molar-refractivity contribution is 5.52. The van der Waals surface area contributed by atoms with Crippen molar-refractivity contribution in [2.75, 3.05) is 0 Å². The number of fused-ring (bicyclic) bond motifs is 1. The van der Waals surface area contributed by atoms with E-state index >= 15 is 0 Å². The number of hydrogen-bond donors (Lipinski definition) is 0. The summed E-state index contributed by atoms with van der Waals surface area (Å²) >= 11 is 0. The highest BCUT2D eigenvalue weighted by Gasteiger charge is 2.06. The van der Waals surface area contributed by atoms with Crippen LogP contribution in [0.2, 0.25) is 0 Å². The summed E-state index contributed by atoms with van der Waals surface area (Å²) in [6.07, 6.45) is 6.46. The molecule has 54 valence electrons. The van der Waals surface area contributed by atoms with Crippen LogP contribution in [0.4, 0.5) is 0 Å². The first-order chi connectivity index (χ1) is 5.42. The SMILES string of the molecule is C=Cn1cncc2ncnc1-2. The molecule has 0 aromatic rings. The Morgan fingerprint density at radius 3 is 3.18 bits per heavy atom. The largest absolute Gasteiger partial charge is 0.291 e. The van der Waals surface area contributed by atoms with Crippen LogP contribution in [0.1, 0.15) is 0 Å². The first-order valence-electron chi connectivity index (χ1n) is 3.17. The fourth-order valence-electron chi connectivity index (χ4n) is 0.924. The summed E-state index contributed by atoms with van der Waals surface area (Å²) in [5, 5.41) is 0. The Kier molecular flexibility index (Phi) is 1.18. The average Bonchev–Trinajstić information content (AvgIpc) is 2.50. The molecule has 0 unspecified atom stereocenters. The van der Waals surface area contributed by atoms with Crippen molar-refractivity contribution in [3.63, 3.8) is 0 Å². The van der Waals surface area contributed by atoms with Crippen molar-refractivity contribution in [1.29, 1.82) is 0 Å². The lowest BCUT2D eigenvalue weighted by Crippen LogP contribution is -1.96. The molecule has 0 N–H and O–H groups in total. The maximum atomic E-state index is 4.03. The summed E-state index contributed by atoms with van der Waals surface area (Å²) in [6.45, 7) is 3.62. The molecule has 0 aromatic carbocycles. The van der Waals surface area contributed by atoms with Gasteiger partial charge in [-0.05, 0) is 0 Å². The van der Waals surface area contributed by atoms with Gasteiger partial charge in [0, 0.05) is 6.20 Å². The van der Waals surface area contributed by atoms with Gasteiger partial charge in [-0.3, -0.25) is 4.57 Å². The molecule has 4 nitrogen and oxygen atoms in total. The van der Waals surface area contributed by atoms with Crippen molar-refractivity contribution in [3.8, 4) is 11.5 Å². The Labute approximate surface area is 63.6 Å². The van der Waals surface area contributed by atoms with Crippen LogP contribution in [0, 0.1) is 0 Å². The molecular weight excluding hydrogens is 140 g/mol. The molecule has 2 aliphatic rings. The molecule has 2 heterocycles. The maximum Gasteiger partial charge on any atom is 0.167 e. The van der Waals surface area contributed by atoms with Gasteiger partial charge in [0.25, 0.3) is 0 Å². The molecule has 2 aliphatic heterocycles. The van der Waals surface area contributed by atoms with Gasteiger partial charge in [0.05, 0.1) is 6.20 Å². The molecule has 0 bridgehead atoms. The third kappa shape index (κ3) is 0.797. The highest BCUT2D eigenvalue weighted by Crippen LogP contribution is 2.13. The van der Waals surface area contributed by atoms with E-state index in [1.54, 1.807) is 23.3 Å². The summed E-state index contributed by atoms with van der Waals surface area (Å²) in [7, 11) is 0. The maximum absolute atomic E-state index is 4.03. The molecule has 0 saturated heterocycles. The third-order valence-corrected chi connectivity index (χ3v) is 1.44. The highest BCUT2D eigenvalue weighted by atomic mass is 15.1. The van der Waals surface area contributed by atoms with Gasteiger partial charge in [-0.25, -0.2) is 15.0 Å². The standard InChI is InChI=1S/C7H6N4/c1-2-11-5-8-3-6-7(11)10-4-9-6/h2-5H,1H2. The molecule has 0 saturated carbocycles. The third-order valence-electron chi connectivity index (χ3n) is 1.44. The van der Waals surface area contributed by atoms with Gasteiger partial charge in [0.2, 0.25) is 0 Å². The Morgan fingerprint density at radius 1 is 1.45 bits per heavy atom. The fraction of sp³-hybridized carbons (Fsp3) is 0.